The lowest BCUT2D eigenvalue weighted by Crippen LogP contribution is -2.29. The molecule has 0 aromatic heterocycles. The van der Waals surface area contributed by atoms with Crippen molar-refractivity contribution in [3.05, 3.63) is 29.8 Å². The minimum atomic E-state index is -0.599. The Balaban J connectivity index is 2.05. The molecule has 5 heteroatoms. The van der Waals surface area contributed by atoms with Crippen LogP contribution in [0, 0.1) is 0 Å². The third kappa shape index (κ3) is 3.87. The second-order valence-electron chi connectivity index (χ2n) is 5.05. The molecule has 118 valence electrons. The van der Waals surface area contributed by atoms with Crippen LogP contribution in [-0.2, 0) is 14.3 Å². The first-order valence-corrected chi connectivity index (χ1v) is 7.28. The number of benzene rings is 1. The van der Waals surface area contributed by atoms with E-state index in [-0.39, 0.29) is 5.78 Å². The molecule has 0 heterocycles. The number of rotatable bonds is 5. The van der Waals surface area contributed by atoms with E-state index >= 15 is 0 Å². The SMILES string of the molecule is COc1cccc(C=CC(=O)OC2CCCCC2=O)c1OC. The van der Waals surface area contributed by atoms with Gasteiger partial charge in [-0.15, -0.1) is 0 Å². The van der Waals surface area contributed by atoms with E-state index in [1.54, 1.807) is 31.4 Å². The average molecular weight is 304 g/mol. The number of hydrogen-bond donors (Lipinski definition) is 0. The van der Waals surface area contributed by atoms with E-state index < -0.39 is 12.1 Å². The van der Waals surface area contributed by atoms with Crippen LogP contribution in [0.25, 0.3) is 6.08 Å². The summed E-state index contributed by atoms with van der Waals surface area (Å²) in [5, 5.41) is 0. The number of ketones is 1. The van der Waals surface area contributed by atoms with Gasteiger partial charge in [0.2, 0.25) is 0 Å². The highest BCUT2D eigenvalue weighted by molar-refractivity contribution is 5.91. The number of hydrogen-bond acceptors (Lipinski definition) is 5. The van der Waals surface area contributed by atoms with Gasteiger partial charge in [0.05, 0.1) is 14.2 Å². The zero-order valence-electron chi connectivity index (χ0n) is 12.8. The molecule has 1 aromatic carbocycles. The number of carbonyl (C=O) groups is 2. The van der Waals surface area contributed by atoms with E-state index in [1.165, 1.54) is 13.2 Å². The van der Waals surface area contributed by atoms with Crippen molar-refractivity contribution in [3.63, 3.8) is 0 Å². The summed E-state index contributed by atoms with van der Waals surface area (Å²) < 4.78 is 15.7. The molecule has 0 N–H and O–H groups in total. The van der Waals surface area contributed by atoms with Crippen molar-refractivity contribution in [2.24, 2.45) is 0 Å². The van der Waals surface area contributed by atoms with Crippen LogP contribution >= 0.6 is 0 Å². The van der Waals surface area contributed by atoms with Crippen LogP contribution in [0.1, 0.15) is 31.2 Å². The van der Waals surface area contributed by atoms with Crippen LogP contribution in [0.3, 0.4) is 0 Å². The number of para-hydroxylation sites is 1. The van der Waals surface area contributed by atoms with Gasteiger partial charge in [-0.05, 0) is 31.4 Å². The van der Waals surface area contributed by atoms with E-state index in [2.05, 4.69) is 0 Å². The molecular formula is C17H20O5. The van der Waals surface area contributed by atoms with Crippen molar-refractivity contribution < 1.29 is 23.8 Å². The minimum absolute atomic E-state index is 0.00645. The maximum absolute atomic E-state index is 11.9. The van der Waals surface area contributed by atoms with Crippen molar-refractivity contribution >= 4 is 17.8 Å². The summed E-state index contributed by atoms with van der Waals surface area (Å²) >= 11 is 0. The summed E-state index contributed by atoms with van der Waals surface area (Å²) in [6.45, 7) is 0. The maximum Gasteiger partial charge on any atom is 0.331 e. The molecule has 0 amide bonds. The van der Waals surface area contributed by atoms with Crippen LogP contribution in [0.15, 0.2) is 24.3 Å². The second-order valence-corrected chi connectivity index (χ2v) is 5.05. The molecule has 1 aliphatic rings. The molecule has 1 unspecified atom stereocenters. The largest absolute Gasteiger partial charge is 0.493 e. The Bertz CT molecular complexity index is 576. The summed E-state index contributed by atoms with van der Waals surface area (Å²) in [6.07, 6.45) is 5.20. The molecule has 1 aromatic rings. The van der Waals surface area contributed by atoms with E-state index in [4.69, 9.17) is 14.2 Å². The lowest BCUT2D eigenvalue weighted by atomic mass is 9.96. The lowest BCUT2D eigenvalue weighted by Gasteiger charge is -2.19. The van der Waals surface area contributed by atoms with Crippen LogP contribution in [0.5, 0.6) is 11.5 Å². The Labute approximate surface area is 129 Å². The molecule has 22 heavy (non-hydrogen) atoms. The zero-order valence-corrected chi connectivity index (χ0v) is 12.8. The highest BCUT2D eigenvalue weighted by Gasteiger charge is 2.24. The molecule has 5 nitrogen and oxygen atoms in total. The smallest absolute Gasteiger partial charge is 0.331 e. The van der Waals surface area contributed by atoms with Crippen molar-refractivity contribution in [3.8, 4) is 11.5 Å². The van der Waals surface area contributed by atoms with Gasteiger partial charge in [-0.3, -0.25) is 4.79 Å². The molecule has 1 saturated carbocycles. The van der Waals surface area contributed by atoms with E-state index in [0.29, 0.717) is 29.9 Å². The maximum atomic E-state index is 11.9. The van der Waals surface area contributed by atoms with Gasteiger partial charge in [-0.1, -0.05) is 12.1 Å². The van der Waals surface area contributed by atoms with Gasteiger partial charge in [-0.25, -0.2) is 4.79 Å². The summed E-state index contributed by atoms with van der Waals surface area (Å²) in [5.74, 6) is 0.611. The summed E-state index contributed by atoms with van der Waals surface area (Å²) in [5.41, 5.74) is 0.703. The monoisotopic (exact) mass is 304 g/mol. The molecular weight excluding hydrogens is 284 g/mol. The predicted molar refractivity (Wildman–Crippen MR) is 81.9 cm³/mol. The quantitative estimate of drug-likeness (QED) is 0.618. The van der Waals surface area contributed by atoms with Gasteiger partial charge in [0.15, 0.2) is 23.4 Å². The van der Waals surface area contributed by atoms with E-state index in [1.807, 2.05) is 0 Å². The van der Waals surface area contributed by atoms with Gasteiger partial charge >= 0.3 is 5.97 Å². The summed E-state index contributed by atoms with van der Waals surface area (Å²) in [6, 6.07) is 5.38. The van der Waals surface area contributed by atoms with Gasteiger partial charge in [0.25, 0.3) is 0 Å². The van der Waals surface area contributed by atoms with Crippen molar-refractivity contribution in [1.29, 1.82) is 0 Å². The Morgan fingerprint density at radius 1 is 1.23 bits per heavy atom. The van der Waals surface area contributed by atoms with E-state index in [9.17, 15) is 9.59 Å². The summed E-state index contributed by atoms with van der Waals surface area (Å²) in [7, 11) is 3.09. The number of ether oxygens (including phenoxy) is 3. The molecule has 1 aliphatic carbocycles. The van der Waals surface area contributed by atoms with E-state index in [0.717, 1.165) is 12.8 Å². The van der Waals surface area contributed by atoms with Gasteiger partial charge in [-0.2, -0.15) is 0 Å². The third-order valence-electron chi connectivity index (χ3n) is 3.59. The van der Waals surface area contributed by atoms with Gasteiger partial charge in [0, 0.05) is 18.1 Å². The topological polar surface area (TPSA) is 61.8 Å². The molecule has 2 rings (SSSR count). The summed E-state index contributed by atoms with van der Waals surface area (Å²) in [4.78, 5) is 23.5. The Morgan fingerprint density at radius 3 is 2.73 bits per heavy atom. The molecule has 0 spiro atoms. The fraction of sp³-hybridized carbons (Fsp3) is 0.412. The molecule has 0 radical (unpaired) electrons. The second kappa shape index (κ2) is 7.64. The normalized spacial score (nSPS) is 18.3. The zero-order chi connectivity index (χ0) is 15.9. The first kappa shape index (κ1) is 16.1. The molecule has 1 atom stereocenters. The standard InChI is InChI=1S/C17H20O5/c1-20-15-9-5-6-12(17(15)21-2)10-11-16(19)22-14-8-4-3-7-13(14)18/h5-6,9-11,14H,3-4,7-8H2,1-2H3. The highest BCUT2D eigenvalue weighted by atomic mass is 16.5. The number of methoxy groups -OCH3 is 2. The molecule has 0 aliphatic heterocycles. The molecule has 1 fully saturated rings. The molecule has 0 saturated heterocycles. The first-order valence-electron chi connectivity index (χ1n) is 7.28. The Morgan fingerprint density at radius 2 is 2.05 bits per heavy atom. The van der Waals surface area contributed by atoms with Crippen LogP contribution in [0.2, 0.25) is 0 Å². The van der Waals surface area contributed by atoms with Gasteiger partial charge in [0.1, 0.15) is 0 Å². The van der Waals surface area contributed by atoms with Crippen LogP contribution in [0.4, 0.5) is 0 Å². The number of esters is 1. The van der Waals surface area contributed by atoms with Crippen molar-refractivity contribution in [2.75, 3.05) is 14.2 Å². The minimum Gasteiger partial charge on any atom is -0.493 e. The number of carbonyl (C=O) groups excluding carboxylic acids is 2. The fourth-order valence-electron chi connectivity index (χ4n) is 2.46. The lowest BCUT2D eigenvalue weighted by molar-refractivity contribution is -0.152. The highest BCUT2D eigenvalue weighted by Crippen LogP contribution is 2.31. The average Bonchev–Trinajstić information content (AvgIpc) is 2.54. The Hall–Kier alpha value is -2.30. The third-order valence-corrected chi connectivity index (χ3v) is 3.59. The van der Waals surface area contributed by atoms with Gasteiger partial charge < -0.3 is 14.2 Å². The molecule has 0 bridgehead atoms. The van der Waals surface area contributed by atoms with Crippen molar-refractivity contribution in [1.82, 2.24) is 0 Å². The predicted octanol–water partition coefficient (Wildman–Crippen LogP) is 2.77. The Kier molecular flexibility index (Phi) is 5.58. The first-order chi connectivity index (χ1) is 10.7. The van der Waals surface area contributed by atoms with Crippen LogP contribution in [-0.4, -0.2) is 32.1 Å². The number of Topliss-reactive ketones (excluding diaryl/α,β-unsaturated/α-hetero) is 1. The van der Waals surface area contributed by atoms with Crippen molar-refractivity contribution in [2.45, 2.75) is 31.8 Å². The van der Waals surface area contributed by atoms with Crippen LogP contribution < -0.4 is 9.47 Å². The fourth-order valence-corrected chi connectivity index (χ4v) is 2.46.